The van der Waals surface area contributed by atoms with E-state index >= 15 is 0 Å². The molecule has 0 radical (unpaired) electrons. The van der Waals surface area contributed by atoms with Gasteiger partial charge in [0, 0.05) is 12.6 Å². The SMILES string of the molecule is CCCCCCOc1ccc(OC[C@H](O)CNCCc2ccc(OC)cc2)c(C#N)c1. The third kappa shape index (κ3) is 9.29. The van der Waals surface area contributed by atoms with Crippen LogP contribution in [0.15, 0.2) is 42.5 Å². The molecule has 0 bridgehead atoms. The van der Waals surface area contributed by atoms with E-state index in [2.05, 4.69) is 18.3 Å². The molecule has 0 amide bonds. The van der Waals surface area contributed by atoms with Crippen molar-refractivity contribution in [2.24, 2.45) is 0 Å². The zero-order valence-electron chi connectivity index (χ0n) is 18.6. The molecular weight excluding hydrogens is 392 g/mol. The topological polar surface area (TPSA) is 83.7 Å². The molecule has 0 spiro atoms. The van der Waals surface area contributed by atoms with Gasteiger partial charge in [-0.2, -0.15) is 5.26 Å². The van der Waals surface area contributed by atoms with E-state index in [9.17, 15) is 10.4 Å². The number of benzene rings is 2. The molecule has 168 valence electrons. The molecule has 2 aromatic carbocycles. The third-order valence-electron chi connectivity index (χ3n) is 4.90. The van der Waals surface area contributed by atoms with Gasteiger partial charge >= 0.3 is 0 Å². The van der Waals surface area contributed by atoms with Crippen molar-refractivity contribution in [3.05, 3.63) is 53.6 Å². The Hall–Kier alpha value is -2.75. The molecule has 2 N–H and O–H groups in total. The Labute approximate surface area is 185 Å². The van der Waals surface area contributed by atoms with Crippen molar-refractivity contribution < 1.29 is 19.3 Å². The number of nitriles is 1. The fourth-order valence-electron chi connectivity index (χ4n) is 3.07. The maximum atomic E-state index is 10.2. The Balaban J connectivity index is 1.68. The van der Waals surface area contributed by atoms with E-state index in [0.717, 1.165) is 31.6 Å². The van der Waals surface area contributed by atoms with Crippen LogP contribution in [0.4, 0.5) is 0 Å². The van der Waals surface area contributed by atoms with Crippen molar-refractivity contribution in [1.82, 2.24) is 5.32 Å². The van der Waals surface area contributed by atoms with Crippen LogP contribution in [0.5, 0.6) is 17.2 Å². The first-order valence-corrected chi connectivity index (χ1v) is 11.0. The summed E-state index contributed by atoms with van der Waals surface area (Å²) in [4.78, 5) is 0. The number of ether oxygens (including phenoxy) is 3. The van der Waals surface area contributed by atoms with Gasteiger partial charge in [-0.15, -0.1) is 0 Å². The molecule has 0 heterocycles. The van der Waals surface area contributed by atoms with Gasteiger partial charge in [-0.05, 0) is 49.2 Å². The first-order chi connectivity index (χ1) is 15.2. The highest BCUT2D eigenvalue weighted by Crippen LogP contribution is 2.24. The molecule has 6 nitrogen and oxygen atoms in total. The summed E-state index contributed by atoms with van der Waals surface area (Å²) in [6.45, 7) is 4.09. The number of nitrogens with one attached hydrogen (secondary N) is 1. The predicted octanol–water partition coefficient (Wildman–Crippen LogP) is 4.10. The van der Waals surface area contributed by atoms with Crippen LogP contribution in [0.25, 0.3) is 0 Å². The van der Waals surface area contributed by atoms with Crippen LogP contribution < -0.4 is 19.5 Å². The van der Waals surface area contributed by atoms with Crippen molar-refractivity contribution in [3.63, 3.8) is 0 Å². The number of aliphatic hydroxyl groups excluding tert-OH is 1. The van der Waals surface area contributed by atoms with Crippen molar-refractivity contribution in [1.29, 1.82) is 5.26 Å². The van der Waals surface area contributed by atoms with Gasteiger partial charge in [0.2, 0.25) is 0 Å². The molecule has 2 aromatic rings. The van der Waals surface area contributed by atoms with E-state index in [1.54, 1.807) is 25.3 Å². The standard InChI is InChI=1S/C25H34N2O4/c1-3-4-5-6-15-30-24-11-12-25(21(16-24)17-26)31-19-22(28)18-27-14-13-20-7-9-23(29-2)10-8-20/h7-12,16,22,27-28H,3-6,13-15,18-19H2,1-2H3/t22-/m1/s1. The zero-order valence-corrected chi connectivity index (χ0v) is 18.6. The summed E-state index contributed by atoms with van der Waals surface area (Å²) in [6.07, 6.45) is 4.74. The quantitative estimate of drug-likeness (QED) is 0.417. The number of hydrogen-bond donors (Lipinski definition) is 2. The van der Waals surface area contributed by atoms with Gasteiger partial charge in [0.15, 0.2) is 0 Å². The zero-order chi connectivity index (χ0) is 22.3. The lowest BCUT2D eigenvalue weighted by Crippen LogP contribution is -2.32. The largest absolute Gasteiger partial charge is 0.497 e. The number of hydrogen-bond acceptors (Lipinski definition) is 6. The Morgan fingerprint density at radius 1 is 1.03 bits per heavy atom. The van der Waals surface area contributed by atoms with Crippen LogP contribution in [0.3, 0.4) is 0 Å². The molecule has 0 aliphatic rings. The van der Waals surface area contributed by atoms with E-state index < -0.39 is 6.10 Å². The Bertz CT molecular complexity index is 802. The molecule has 0 fully saturated rings. The third-order valence-corrected chi connectivity index (χ3v) is 4.90. The van der Waals surface area contributed by atoms with Crippen LogP contribution in [0.2, 0.25) is 0 Å². The molecule has 0 aliphatic carbocycles. The number of rotatable bonds is 15. The van der Waals surface area contributed by atoms with Crippen LogP contribution in [0, 0.1) is 11.3 Å². The van der Waals surface area contributed by atoms with E-state index in [4.69, 9.17) is 14.2 Å². The average molecular weight is 427 g/mol. The minimum atomic E-state index is -0.670. The summed E-state index contributed by atoms with van der Waals surface area (Å²) in [6, 6.07) is 15.3. The van der Waals surface area contributed by atoms with Gasteiger partial charge in [-0.1, -0.05) is 38.3 Å². The first-order valence-electron chi connectivity index (χ1n) is 11.0. The van der Waals surface area contributed by atoms with Gasteiger partial charge in [0.1, 0.15) is 36.0 Å². The normalized spacial score (nSPS) is 11.5. The molecule has 6 heteroatoms. The monoisotopic (exact) mass is 426 g/mol. The number of aliphatic hydroxyl groups is 1. The summed E-state index contributed by atoms with van der Waals surface area (Å²) in [7, 11) is 1.65. The van der Waals surface area contributed by atoms with E-state index in [1.807, 2.05) is 24.3 Å². The Morgan fingerprint density at radius 2 is 1.81 bits per heavy atom. The van der Waals surface area contributed by atoms with Crippen LogP contribution in [-0.4, -0.2) is 44.6 Å². The van der Waals surface area contributed by atoms with Crippen molar-refractivity contribution in [3.8, 4) is 23.3 Å². The second-order valence-corrected chi connectivity index (χ2v) is 7.45. The number of nitrogens with zero attached hydrogens (tertiary/aromatic N) is 1. The van der Waals surface area contributed by atoms with E-state index in [-0.39, 0.29) is 6.61 Å². The molecule has 0 aromatic heterocycles. The fraction of sp³-hybridized carbons (Fsp3) is 0.480. The molecule has 31 heavy (non-hydrogen) atoms. The molecular formula is C25H34N2O4. The molecule has 0 unspecified atom stereocenters. The van der Waals surface area contributed by atoms with E-state index in [1.165, 1.54) is 18.4 Å². The lowest BCUT2D eigenvalue weighted by molar-refractivity contribution is 0.106. The smallest absolute Gasteiger partial charge is 0.137 e. The highest BCUT2D eigenvalue weighted by molar-refractivity contribution is 5.47. The minimum absolute atomic E-state index is 0.113. The van der Waals surface area contributed by atoms with E-state index in [0.29, 0.717) is 30.2 Å². The summed E-state index contributed by atoms with van der Waals surface area (Å²) < 4.78 is 16.5. The van der Waals surface area contributed by atoms with Crippen LogP contribution >= 0.6 is 0 Å². The molecule has 1 atom stereocenters. The second-order valence-electron chi connectivity index (χ2n) is 7.45. The second kappa shape index (κ2) is 14.3. The Morgan fingerprint density at radius 3 is 2.52 bits per heavy atom. The minimum Gasteiger partial charge on any atom is -0.497 e. The first kappa shape index (κ1) is 24.5. The summed E-state index contributed by atoms with van der Waals surface area (Å²) in [5, 5.41) is 22.8. The van der Waals surface area contributed by atoms with Gasteiger partial charge in [0.25, 0.3) is 0 Å². The predicted molar refractivity (Wildman–Crippen MR) is 122 cm³/mol. The molecule has 0 aliphatic heterocycles. The molecule has 0 saturated carbocycles. The van der Waals surface area contributed by atoms with Crippen molar-refractivity contribution in [2.75, 3.05) is 33.4 Å². The van der Waals surface area contributed by atoms with Gasteiger partial charge in [0.05, 0.1) is 19.3 Å². The van der Waals surface area contributed by atoms with Gasteiger partial charge in [-0.3, -0.25) is 0 Å². The molecule has 2 rings (SSSR count). The summed E-state index contributed by atoms with van der Waals surface area (Å²) >= 11 is 0. The number of unbranched alkanes of at least 4 members (excludes halogenated alkanes) is 3. The van der Waals surface area contributed by atoms with Gasteiger partial charge in [-0.25, -0.2) is 0 Å². The highest BCUT2D eigenvalue weighted by atomic mass is 16.5. The Kier molecular flexibility index (Phi) is 11.3. The maximum absolute atomic E-state index is 10.2. The van der Waals surface area contributed by atoms with Gasteiger partial charge < -0.3 is 24.6 Å². The highest BCUT2D eigenvalue weighted by Gasteiger charge is 2.10. The van der Waals surface area contributed by atoms with Crippen LogP contribution in [0.1, 0.15) is 43.7 Å². The van der Waals surface area contributed by atoms with Crippen molar-refractivity contribution >= 4 is 0 Å². The summed E-state index contributed by atoms with van der Waals surface area (Å²) in [5.41, 5.74) is 1.61. The fourth-order valence-corrected chi connectivity index (χ4v) is 3.07. The molecule has 0 saturated heterocycles. The van der Waals surface area contributed by atoms with Crippen molar-refractivity contribution in [2.45, 2.75) is 45.1 Å². The maximum Gasteiger partial charge on any atom is 0.137 e. The summed E-state index contributed by atoms with van der Waals surface area (Å²) in [5.74, 6) is 1.96. The lowest BCUT2D eigenvalue weighted by atomic mass is 10.1. The average Bonchev–Trinajstić information content (AvgIpc) is 2.81. The lowest BCUT2D eigenvalue weighted by Gasteiger charge is -2.15. The number of methoxy groups -OCH3 is 1. The van der Waals surface area contributed by atoms with Crippen LogP contribution in [-0.2, 0) is 6.42 Å².